The third-order valence-electron chi connectivity index (χ3n) is 3.30. The van der Waals surface area contributed by atoms with Crippen molar-refractivity contribution in [3.63, 3.8) is 0 Å². The van der Waals surface area contributed by atoms with Crippen LogP contribution in [0.15, 0.2) is 40.8 Å². The summed E-state index contributed by atoms with van der Waals surface area (Å²) in [7, 11) is 0. The molecule has 5 nitrogen and oxygen atoms in total. The van der Waals surface area contributed by atoms with Gasteiger partial charge in [-0.05, 0) is 42.8 Å². The normalized spacial score (nSPS) is 11.3. The molecule has 4 aromatic rings. The van der Waals surface area contributed by atoms with Crippen LogP contribution in [0.4, 0.5) is 5.13 Å². The van der Waals surface area contributed by atoms with Gasteiger partial charge < -0.3 is 4.42 Å². The molecule has 21 heavy (non-hydrogen) atoms. The zero-order valence-electron chi connectivity index (χ0n) is 11.3. The lowest BCUT2D eigenvalue weighted by atomic mass is 10.2. The molecule has 2 aromatic carbocycles. The average Bonchev–Trinajstić information content (AvgIpc) is 3.08. The summed E-state index contributed by atoms with van der Waals surface area (Å²) >= 11 is 1.50. The molecule has 2 aromatic heterocycles. The Morgan fingerprint density at radius 3 is 2.86 bits per heavy atom. The number of anilines is 1. The zero-order valence-corrected chi connectivity index (χ0v) is 12.1. The van der Waals surface area contributed by atoms with E-state index in [4.69, 9.17) is 10.3 Å². The van der Waals surface area contributed by atoms with E-state index in [0.717, 1.165) is 26.9 Å². The van der Waals surface area contributed by atoms with Gasteiger partial charge in [0.1, 0.15) is 5.52 Å². The lowest BCUT2D eigenvalue weighted by Gasteiger charge is -1.94. The van der Waals surface area contributed by atoms with Gasteiger partial charge in [0, 0.05) is 5.56 Å². The summed E-state index contributed by atoms with van der Waals surface area (Å²) in [5, 5.41) is 0.690. The maximum Gasteiger partial charge on any atom is 0.227 e. The van der Waals surface area contributed by atoms with Gasteiger partial charge in [-0.15, -0.1) is 0 Å². The number of fused-ring (bicyclic) bond motifs is 2. The second-order valence-electron chi connectivity index (χ2n) is 4.84. The van der Waals surface area contributed by atoms with Crippen LogP contribution in [0.1, 0.15) is 5.56 Å². The monoisotopic (exact) mass is 296 g/mol. The third kappa shape index (κ3) is 2.05. The van der Waals surface area contributed by atoms with Gasteiger partial charge in [0.15, 0.2) is 10.7 Å². The van der Waals surface area contributed by atoms with E-state index < -0.39 is 0 Å². The van der Waals surface area contributed by atoms with Crippen LogP contribution in [-0.2, 0) is 0 Å². The fourth-order valence-corrected chi connectivity index (χ4v) is 3.10. The van der Waals surface area contributed by atoms with Crippen molar-refractivity contribution >= 4 is 37.8 Å². The van der Waals surface area contributed by atoms with Crippen molar-refractivity contribution in [2.24, 2.45) is 5.84 Å². The van der Waals surface area contributed by atoms with E-state index in [0.29, 0.717) is 11.0 Å². The minimum absolute atomic E-state index is 0.619. The van der Waals surface area contributed by atoms with E-state index in [-0.39, 0.29) is 0 Å². The Morgan fingerprint density at radius 1 is 1.10 bits per heavy atom. The van der Waals surface area contributed by atoms with Gasteiger partial charge >= 0.3 is 0 Å². The van der Waals surface area contributed by atoms with Gasteiger partial charge in [0.25, 0.3) is 0 Å². The molecule has 0 aliphatic heterocycles. The standard InChI is InChI=1S/C15H12N4OS/c1-8-2-5-12-11(6-8)17-14(20-12)9-3-4-10-13(7-9)21-15(18-10)19-16/h2-7H,16H2,1H3,(H,18,19). The Kier molecular flexibility index (Phi) is 2.66. The number of hydrazine groups is 1. The third-order valence-corrected chi connectivity index (χ3v) is 4.25. The summed E-state index contributed by atoms with van der Waals surface area (Å²) in [6, 6.07) is 11.9. The van der Waals surface area contributed by atoms with Crippen molar-refractivity contribution in [3.05, 3.63) is 42.0 Å². The van der Waals surface area contributed by atoms with Crippen molar-refractivity contribution in [2.75, 3.05) is 5.43 Å². The average molecular weight is 296 g/mol. The first kappa shape index (κ1) is 12.3. The van der Waals surface area contributed by atoms with E-state index >= 15 is 0 Å². The SMILES string of the molecule is Cc1ccc2oc(-c3ccc4nc(NN)sc4c3)nc2c1. The molecular weight excluding hydrogens is 284 g/mol. The highest BCUT2D eigenvalue weighted by atomic mass is 32.1. The lowest BCUT2D eigenvalue weighted by Crippen LogP contribution is -2.05. The molecule has 0 bridgehead atoms. The summed E-state index contributed by atoms with van der Waals surface area (Å²) in [5.41, 5.74) is 7.25. The van der Waals surface area contributed by atoms with Crippen LogP contribution in [-0.4, -0.2) is 9.97 Å². The predicted molar refractivity (Wildman–Crippen MR) is 85.2 cm³/mol. The molecule has 0 saturated carbocycles. The number of nitrogen functional groups attached to an aromatic ring is 1. The first-order valence-corrected chi connectivity index (χ1v) is 7.29. The summed E-state index contributed by atoms with van der Waals surface area (Å²) in [6.07, 6.45) is 0. The Labute approximate surface area is 124 Å². The van der Waals surface area contributed by atoms with Gasteiger partial charge in [-0.3, -0.25) is 5.43 Å². The van der Waals surface area contributed by atoms with Gasteiger partial charge in [-0.1, -0.05) is 17.4 Å². The molecule has 0 aliphatic rings. The maximum atomic E-state index is 5.82. The Balaban J connectivity index is 1.86. The molecule has 0 aliphatic carbocycles. The number of hydrogen-bond donors (Lipinski definition) is 2. The number of aromatic nitrogens is 2. The Bertz CT molecular complexity index is 957. The molecule has 0 saturated heterocycles. The molecule has 0 fully saturated rings. The van der Waals surface area contributed by atoms with Crippen molar-refractivity contribution in [2.45, 2.75) is 6.92 Å². The smallest absolute Gasteiger partial charge is 0.227 e. The van der Waals surface area contributed by atoms with Crippen LogP contribution in [0.25, 0.3) is 32.8 Å². The van der Waals surface area contributed by atoms with Crippen molar-refractivity contribution in [1.29, 1.82) is 0 Å². The molecule has 6 heteroatoms. The molecule has 0 spiro atoms. The minimum atomic E-state index is 0.619. The molecule has 0 atom stereocenters. The van der Waals surface area contributed by atoms with Crippen LogP contribution in [0.2, 0.25) is 0 Å². The first-order chi connectivity index (χ1) is 10.2. The molecule has 0 radical (unpaired) electrons. The number of nitrogens with zero attached hydrogens (tertiary/aromatic N) is 2. The van der Waals surface area contributed by atoms with Gasteiger partial charge in [-0.2, -0.15) is 0 Å². The first-order valence-electron chi connectivity index (χ1n) is 6.48. The Morgan fingerprint density at radius 2 is 2.00 bits per heavy atom. The van der Waals surface area contributed by atoms with Crippen molar-refractivity contribution in [3.8, 4) is 11.5 Å². The van der Waals surface area contributed by atoms with Gasteiger partial charge in [0.05, 0.1) is 10.2 Å². The van der Waals surface area contributed by atoms with Crippen LogP contribution in [0.3, 0.4) is 0 Å². The van der Waals surface area contributed by atoms with E-state index in [2.05, 4.69) is 15.4 Å². The molecule has 0 unspecified atom stereocenters. The van der Waals surface area contributed by atoms with Crippen LogP contribution in [0.5, 0.6) is 0 Å². The maximum absolute atomic E-state index is 5.82. The highest BCUT2D eigenvalue weighted by Crippen LogP contribution is 2.31. The van der Waals surface area contributed by atoms with E-state index in [1.54, 1.807) is 0 Å². The number of hydrogen-bond acceptors (Lipinski definition) is 6. The molecule has 2 heterocycles. The number of oxazole rings is 1. The number of rotatable bonds is 2. The highest BCUT2D eigenvalue weighted by molar-refractivity contribution is 7.22. The van der Waals surface area contributed by atoms with Crippen LogP contribution in [0, 0.1) is 6.92 Å². The molecule has 104 valence electrons. The summed E-state index contributed by atoms with van der Waals surface area (Å²) in [5.74, 6) is 6.01. The molecule has 0 amide bonds. The fourth-order valence-electron chi connectivity index (χ4n) is 2.28. The molecular formula is C15H12N4OS. The topological polar surface area (TPSA) is 77.0 Å². The van der Waals surface area contributed by atoms with Crippen LogP contribution < -0.4 is 11.3 Å². The molecule has 3 N–H and O–H groups in total. The van der Waals surface area contributed by atoms with E-state index in [1.165, 1.54) is 16.9 Å². The number of nitrogens with two attached hydrogens (primary N) is 1. The number of thiazole rings is 1. The largest absolute Gasteiger partial charge is 0.436 e. The summed E-state index contributed by atoms with van der Waals surface area (Å²) in [6.45, 7) is 2.04. The number of benzene rings is 2. The predicted octanol–water partition coefficient (Wildman–Crippen LogP) is 3.70. The minimum Gasteiger partial charge on any atom is -0.436 e. The van der Waals surface area contributed by atoms with Gasteiger partial charge in [0.2, 0.25) is 5.89 Å². The lowest BCUT2D eigenvalue weighted by molar-refractivity contribution is 0.620. The zero-order chi connectivity index (χ0) is 14.4. The van der Waals surface area contributed by atoms with Crippen molar-refractivity contribution in [1.82, 2.24) is 9.97 Å². The quantitative estimate of drug-likeness (QED) is 0.435. The van der Waals surface area contributed by atoms with E-state index in [9.17, 15) is 0 Å². The number of aryl methyl sites for hydroxylation is 1. The Hall–Kier alpha value is -2.44. The van der Waals surface area contributed by atoms with Crippen LogP contribution >= 0.6 is 11.3 Å². The summed E-state index contributed by atoms with van der Waals surface area (Å²) < 4.78 is 6.86. The van der Waals surface area contributed by atoms with Gasteiger partial charge in [-0.25, -0.2) is 15.8 Å². The van der Waals surface area contributed by atoms with Crippen molar-refractivity contribution < 1.29 is 4.42 Å². The summed E-state index contributed by atoms with van der Waals surface area (Å²) in [4.78, 5) is 8.91. The second kappa shape index (κ2) is 4.54. The highest BCUT2D eigenvalue weighted by Gasteiger charge is 2.10. The number of nitrogens with one attached hydrogen (secondary N) is 1. The molecule has 4 rings (SSSR count). The van der Waals surface area contributed by atoms with E-state index in [1.807, 2.05) is 43.3 Å². The second-order valence-corrected chi connectivity index (χ2v) is 5.87. The fraction of sp³-hybridized carbons (Fsp3) is 0.0667.